The highest BCUT2D eigenvalue weighted by atomic mass is 35.5. The number of fused-ring (bicyclic) bond motifs is 1. The average molecular weight is 450 g/mol. The van der Waals surface area contributed by atoms with Crippen LogP contribution in [0.3, 0.4) is 0 Å². The predicted octanol–water partition coefficient (Wildman–Crippen LogP) is 2.71. The largest absolute Gasteiger partial charge is 0.467 e. The number of carbonyl (C=O) groups is 2. The molecule has 3 N–H and O–H groups in total. The van der Waals surface area contributed by atoms with Crippen molar-refractivity contribution in [3.05, 3.63) is 64.8 Å². The van der Waals surface area contributed by atoms with E-state index >= 15 is 0 Å². The first kappa shape index (κ1) is 21.7. The molecule has 0 radical (unpaired) electrons. The minimum absolute atomic E-state index is 0.0677. The van der Waals surface area contributed by atoms with Gasteiger partial charge in [0.2, 0.25) is 10.0 Å². The number of para-hydroxylation sites is 1. The van der Waals surface area contributed by atoms with Gasteiger partial charge >= 0.3 is 5.97 Å². The number of amides is 1. The molecular weight excluding hydrogens is 430 g/mol. The lowest BCUT2D eigenvalue weighted by Gasteiger charge is -2.17. The van der Waals surface area contributed by atoms with Crippen LogP contribution in [0.2, 0.25) is 5.02 Å². The zero-order valence-electron chi connectivity index (χ0n) is 16.2. The molecule has 10 heteroatoms. The van der Waals surface area contributed by atoms with Gasteiger partial charge in [-0.3, -0.25) is 9.52 Å². The van der Waals surface area contributed by atoms with E-state index in [1.54, 1.807) is 6.20 Å². The second-order valence-electron chi connectivity index (χ2n) is 6.68. The van der Waals surface area contributed by atoms with Gasteiger partial charge in [-0.25, -0.2) is 13.2 Å². The van der Waals surface area contributed by atoms with Crippen LogP contribution in [0.25, 0.3) is 10.9 Å². The van der Waals surface area contributed by atoms with Crippen LogP contribution < -0.4 is 10.0 Å². The van der Waals surface area contributed by atoms with Gasteiger partial charge in [-0.15, -0.1) is 0 Å². The van der Waals surface area contributed by atoms with Gasteiger partial charge in [0.1, 0.15) is 6.04 Å². The number of hydrogen-bond donors (Lipinski definition) is 3. The summed E-state index contributed by atoms with van der Waals surface area (Å²) < 4.78 is 30.1. The minimum atomic E-state index is -3.58. The lowest BCUT2D eigenvalue weighted by atomic mass is 10.0. The average Bonchev–Trinajstić information content (AvgIpc) is 3.10. The van der Waals surface area contributed by atoms with Gasteiger partial charge < -0.3 is 15.0 Å². The third-order valence-corrected chi connectivity index (χ3v) is 5.33. The molecule has 8 nitrogen and oxygen atoms in total. The van der Waals surface area contributed by atoms with Crippen molar-refractivity contribution in [3.8, 4) is 0 Å². The number of H-pyrrole nitrogens is 1. The minimum Gasteiger partial charge on any atom is -0.467 e. The Hall–Kier alpha value is -3.04. The standard InChI is InChI=1S/C20H20ClN3O5S/c1-29-20(26)18(10-13-11-22-16-6-4-3-5-14(13)16)23-19(25)12-7-8-15(21)17(9-12)24-30(2,27)28/h3-9,11,18,22,24H,10H2,1-2H3,(H,23,25)/t18-/m1/s1. The number of rotatable bonds is 7. The summed E-state index contributed by atoms with van der Waals surface area (Å²) in [7, 11) is -2.34. The number of anilines is 1. The molecule has 1 heterocycles. The molecule has 1 amide bonds. The molecule has 1 atom stereocenters. The van der Waals surface area contributed by atoms with Gasteiger partial charge in [0.25, 0.3) is 5.91 Å². The van der Waals surface area contributed by atoms with Crippen LogP contribution in [0.15, 0.2) is 48.7 Å². The number of nitrogens with one attached hydrogen (secondary N) is 3. The Bertz CT molecular complexity index is 1210. The first-order chi connectivity index (χ1) is 14.2. The van der Waals surface area contributed by atoms with Crippen LogP contribution in [-0.4, -0.2) is 44.7 Å². The molecule has 0 saturated carbocycles. The number of sulfonamides is 1. The third kappa shape index (κ3) is 5.11. The van der Waals surface area contributed by atoms with E-state index in [0.29, 0.717) is 0 Å². The topological polar surface area (TPSA) is 117 Å². The molecule has 3 aromatic rings. The Morgan fingerprint density at radius 3 is 2.63 bits per heavy atom. The lowest BCUT2D eigenvalue weighted by Crippen LogP contribution is -2.43. The Labute approximate surface area is 178 Å². The summed E-state index contributed by atoms with van der Waals surface area (Å²) in [6.07, 6.45) is 2.97. The molecule has 0 aliphatic rings. The molecule has 0 unspecified atom stereocenters. The summed E-state index contributed by atoms with van der Waals surface area (Å²) in [5.41, 5.74) is 1.96. The number of ether oxygens (including phenoxy) is 1. The fourth-order valence-electron chi connectivity index (χ4n) is 3.04. The van der Waals surface area contributed by atoms with Crippen LogP contribution in [0.4, 0.5) is 5.69 Å². The highest BCUT2D eigenvalue weighted by molar-refractivity contribution is 7.92. The van der Waals surface area contributed by atoms with Gasteiger partial charge in [-0.05, 0) is 29.8 Å². The Kier molecular flexibility index (Phi) is 6.33. The van der Waals surface area contributed by atoms with E-state index in [9.17, 15) is 18.0 Å². The Balaban J connectivity index is 1.84. The molecule has 0 saturated heterocycles. The summed E-state index contributed by atoms with van der Waals surface area (Å²) in [5, 5.41) is 3.72. The molecule has 2 aromatic carbocycles. The molecule has 3 rings (SSSR count). The predicted molar refractivity (Wildman–Crippen MR) is 115 cm³/mol. The molecule has 0 spiro atoms. The number of hydrogen-bond acceptors (Lipinski definition) is 5. The number of methoxy groups -OCH3 is 1. The van der Waals surface area contributed by atoms with Crippen molar-refractivity contribution >= 4 is 50.1 Å². The first-order valence-corrected chi connectivity index (χ1v) is 11.2. The highest BCUT2D eigenvalue weighted by Gasteiger charge is 2.24. The van der Waals surface area contributed by atoms with Crippen LogP contribution in [0.1, 0.15) is 15.9 Å². The maximum Gasteiger partial charge on any atom is 0.328 e. The van der Waals surface area contributed by atoms with Crippen LogP contribution in [0, 0.1) is 0 Å². The lowest BCUT2D eigenvalue weighted by molar-refractivity contribution is -0.142. The SMILES string of the molecule is COC(=O)[C@@H](Cc1c[nH]c2ccccc12)NC(=O)c1ccc(Cl)c(NS(C)(=O)=O)c1. The van der Waals surface area contributed by atoms with E-state index in [1.807, 2.05) is 24.3 Å². The van der Waals surface area contributed by atoms with E-state index in [0.717, 1.165) is 22.7 Å². The van der Waals surface area contributed by atoms with Crippen molar-refractivity contribution < 1.29 is 22.7 Å². The molecule has 0 fully saturated rings. The van der Waals surface area contributed by atoms with Crippen molar-refractivity contribution in [1.29, 1.82) is 0 Å². The van der Waals surface area contributed by atoms with Crippen LogP contribution in [-0.2, 0) is 26.0 Å². The molecular formula is C20H20ClN3O5S. The van der Waals surface area contributed by atoms with Gasteiger partial charge in [-0.1, -0.05) is 29.8 Å². The quantitative estimate of drug-likeness (QED) is 0.479. The summed E-state index contributed by atoms with van der Waals surface area (Å²) >= 11 is 6.00. The summed E-state index contributed by atoms with van der Waals surface area (Å²) in [5.74, 6) is -1.17. The number of aromatic amines is 1. The van der Waals surface area contributed by atoms with E-state index in [2.05, 4.69) is 15.0 Å². The zero-order chi connectivity index (χ0) is 21.9. The second kappa shape index (κ2) is 8.76. The summed E-state index contributed by atoms with van der Waals surface area (Å²) in [6.45, 7) is 0. The van der Waals surface area contributed by atoms with Crippen molar-refractivity contribution in [2.45, 2.75) is 12.5 Å². The summed E-state index contributed by atoms with van der Waals surface area (Å²) in [6, 6.07) is 10.8. The molecule has 30 heavy (non-hydrogen) atoms. The van der Waals surface area contributed by atoms with Crippen molar-refractivity contribution in [2.75, 3.05) is 18.1 Å². The molecule has 0 aliphatic heterocycles. The van der Waals surface area contributed by atoms with E-state index in [4.69, 9.17) is 16.3 Å². The maximum atomic E-state index is 12.7. The number of esters is 1. The van der Waals surface area contributed by atoms with E-state index in [-0.39, 0.29) is 22.7 Å². The van der Waals surface area contributed by atoms with Gasteiger partial charge in [0, 0.05) is 29.1 Å². The fourth-order valence-corrected chi connectivity index (χ4v) is 3.83. The zero-order valence-corrected chi connectivity index (χ0v) is 17.8. The van der Waals surface area contributed by atoms with Crippen molar-refractivity contribution in [3.63, 3.8) is 0 Å². The number of carbonyl (C=O) groups excluding carboxylic acids is 2. The monoisotopic (exact) mass is 449 g/mol. The Morgan fingerprint density at radius 2 is 1.93 bits per heavy atom. The summed E-state index contributed by atoms with van der Waals surface area (Å²) in [4.78, 5) is 28.2. The van der Waals surface area contributed by atoms with Crippen LogP contribution in [0.5, 0.6) is 0 Å². The number of benzene rings is 2. The normalized spacial score (nSPS) is 12.4. The third-order valence-electron chi connectivity index (χ3n) is 4.41. The first-order valence-electron chi connectivity index (χ1n) is 8.89. The number of aromatic nitrogens is 1. The maximum absolute atomic E-state index is 12.7. The smallest absolute Gasteiger partial charge is 0.328 e. The van der Waals surface area contributed by atoms with Crippen molar-refractivity contribution in [1.82, 2.24) is 10.3 Å². The van der Waals surface area contributed by atoms with E-state index in [1.165, 1.54) is 25.3 Å². The molecule has 1 aromatic heterocycles. The van der Waals surface area contributed by atoms with Gasteiger partial charge in [0.05, 0.1) is 24.1 Å². The fraction of sp³-hybridized carbons (Fsp3) is 0.200. The van der Waals surface area contributed by atoms with Gasteiger partial charge in [-0.2, -0.15) is 0 Å². The van der Waals surface area contributed by atoms with E-state index < -0.39 is 27.9 Å². The molecule has 0 bridgehead atoms. The highest BCUT2D eigenvalue weighted by Crippen LogP contribution is 2.24. The van der Waals surface area contributed by atoms with Crippen LogP contribution >= 0.6 is 11.6 Å². The molecule has 158 valence electrons. The van der Waals surface area contributed by atoms with Gasteiger partial charge in [0.15, 0.2) is 0 Å². The number of halogens is 1. The second-order valence-corrected chi connectivity index (χ2v) is 8.84. The Morgan fingerprint density at radius 1 is 1.20 bits per heavy atom. The van der Waals surface area contributed by atoms with Crippen molar-refractivity contribution in [2.24, 2.45) is 0 Å². The molecule has 0 aliphatic carbocycles.